The van der Waals surface area contributed by atoms with Crippen LogP contribution < -0.4 is 5.32 Å². The summed E-state index contributed by atoms with van der Waals surface area (Å²) in [7, 11) is 0. The van der Waals surface area contributed by atoms with Crippen LogP contribution in [-0.2, 0) is 16.1 Å². The third-order valence-electron chi connectivity index (χ3n) is 3.81. The van der Waals surface area contributed by atoms with E-state index in [1.54, 1.807) is 16.2 Å². The molecule has 0 aliphatic carbocycles. The standard InChI is InChI=1S/C13H17N3O3S/c17-8-10-13(19)16-4-3-15(6-9-2-1-5-20-9)7-11(16)12(18)14-10/h1-2,5,10-11,17H,3-4,6-8H2,(H,14,18)/t10-,11+/m0/s1. The maximum Gasteiger partial charge on any atom is 0.248 e. The lowest BCUT2D eigenvalue weighted by atomic mass is 10.0. The fraction of sp³-hybridized carbons (Fsp3) is 0.538. The Labute approximate surface area is 121 Å². The van der Waals surface area contributed by atoms with Crippen molar-refractivity contribution in [2.24, 2.45) is 0 Å². The molecule has 7 heteroatoms. The van der Waals surface area contributed by atoms with Crippen LogP contribution in [0.3, 0.4) is 0 Å². The first-order valence-electron chi connectivity index (χ1n) is 6.65. The molecule has 0 aromatic carbocycles. The summed E-state index contributed by atoms with van der Waals surface area (Å²) < 4.78 is 0. The number of piperazine rings is 2. The number of aliphatic hydroxyl groups is 1. The molecule has 0 radical (unpaired) electrons. The number of carbonyl (C=O) groups excluding carboxylic acids is 2. The van der Waals surface area contributed by atoms with Crippen molar-refractivity contribution in [1.29, 1.82) is 0 Å². The summed E-state index contributed by atoms with van der Waals surface area (Å²) in [5, 5.41) is 13.7. The number of fused-ring (bicyclic) bond motifs is 1. The number of hydrogen-bond donors (Lipinski definition) is 2. The number of rotatable bonds is 3. The van der Waals surface area contributed by atoms with Crippen LogP contribution in [0.4, 0.5) is 0 Å². The monoisotopic (exact) mass is 295 g/mol. The number of aliphatic hydroxyl groups excluding tert-OH is 1. The summed E-state index contributed by atoms with van der Waals surface area (Å²) in [6.07, 6.45) is 0. The third-order valence-corrected chi connectivity index (χ3v) is 4.67. The van der Waals surface area contributed by atoms with E-state index in [0.717, 1.165) is 13.1 Å². The summed E-state index contributed by atoms with van der Waals surface area (Å²) in [6, 6.07) is 2.88. The van der Waals surface area contributed by atoms with Crippen molar-refractivity contribution in [3.63, 3.8) is 0 Å². The van der Waals surface area contributed by atoms with Crippen LogP contribution in [0, 0.1) is 0 Å². The van der Waals surface area contributed by atoms with E-state index in [9.17, 15) is 9.59 Å². The lowest BCUT2D eigenvalue weighted by Gasteiger charge is -2.44. The Morgan fingerprint density at radius 1 is 1.40 bits per heavy atom. The van der Waals surface area contributed by atoms with Gasteiger partial charge in [-0.25, -0.2) is 0 Å². The zero-order chi connectivity index (χ0) is 14.1. The lowest BCUT2D eigenvalue weighted by Crippen LogP contribution is -2.69. The van der Waals surface area contributed by atoms with E-state index in [1.807, 2.05) is 11.4 Å². The average Bonchev–Trinajstić information content (AvgIpc) is 2.95. The fourth-order valence-corrected chi connectivity index (χ4v) is 3.49. The molecule has 2 amide bonds. The van der Waals surface area contributed by atoms with E-state index in [2.05, 4.69) is 16.3 Å². The van der Waals surface area contributed by atoms with Gasteiger partial charge in [0.1, 0.15) is 12.1 Å². The highest BCUT2D eigenvalue weighted by Crippen LogP contribution is 2.19. The SMILES string of the molecule is O=C1N[C@@H](CO)C(=O)N2CCN(Cc3cccs3)C[C@H]12. The Morgan fingerprint density at radius 3 is 2.95 bits per heavy atom. The van der Waals surface area contributed by atoms with Gasteiger partial charge in [-0.3, -0.25) is 14.5 Å². The summed E-state index contributed by atoms with van der Waals surface area (Å²) in [5.74, 6) is -0.340. The van der Waals surface area contributed by atoms with Crippen LogP contribution in [0.5, 0.6) is 0 Å². The van der Waals surface area contributed by atoms with Gasteiger partial charge in [0.05, 0.1) is 6.61 Å². The molecule has 2 aliphatic rings. The molecule has 2 atom stereocenters. The first-order chi connectivity index (χ1) is 9.69. The fourth-order valence-electron chi connectivity index (χ4n) is 2.75. The molecule has 3 heterocycles. The van der Waals surface area contributed by atoms with Crippen LogP contribution >= 0.6 is 11.3 Å². The Hall–Kier alpha value is -1.44. The van der Waals surface area contributed by atoms with Gasteiger partial charge in [-0.15, -0.1) is 11.3 Å². The van der Waals surface area contributed by atoms with Crippen molar-refractivity contribution in [3.8, 4) is 0 Å². The smallest absolute Gasteiger partial charge is 0.248 e. The molecule has 6 nitrogen and oxygen atoms in total. The second-order valence-corrected chi connectivity index (χ2v) is 6.14. The second kappa shape index (κ2) is 5.51. The van der Waals surface area contributed by atoms with Crippen LogP contribution in [0.1, 0.15) is 4.88 Å². The first kappa shape index (κ1) is 13.5. The molecule has 1 aromatic rings. The maximum absolute atomic E-state index is 12.1. The van der Waals surface area contributed by atoms with Crippen LogP contribution in [0.2, 0.25) is 0 Å². The minimum absolute atomic E-state index is 0.167. The summed E-state index contributed by atoms with van der Waals surface area (Å²) >= 11 is 1.70. The van der Waals surface area contributed by atoms with Crippen molar-refractivity contribution in [1.82, 2.24) is 15.1 Å². The zero-order valence-corrected chi connectivity index (χ0v) is 11.8. The van der Waals surface area contributed by atoms with Crippen molar-refractivity contribution in [3.05, 3.63) is 22.4 Å². The molecule has 0 unspecified atom stereocenters. The predicted molar refractivity (Wildman–Crippen MR) is 74.1 cm³/mol. The quantitative estimate of drug-likeness (QED) is 0.770. The summed E-state index contributed by atoms with van der Waals surface area (Å²) in [5.41, 5.74) is 0. The minimum atomic E-state index is -0.775. The van der Waals surface area contributed by atoms with Gasteiger partial charge in [0.25, 0.3) is 0 Å². The van der Waals surface area contributed by atoms with Gasteiger partial charge in [0.2, 0.25) is 11.8 Å². The molecule has 3 rings (SSSR count). The highest BCUT2D eigenvalue weighted by atomic mass is 32.1. The van der Waals surface area contributed by atoms with Gasteiger partial charge in [0.15, 0.2) is 0 Å². The Balaban J connectivity index is 1.68. The van der Waals surface area contributed by atoms with Crippen molar-refractivity contribution >= 4 is 23.2 Å². The number of nitrogens with one attached hydrogen (secondary N) is 1. The Bertz CT molecular complexity index is 505. The summed E-state index contributed by atoms with van der Waals surface area (Å²) in [6.45, 7) is 2.32. The van der Waals surface area contributed by atoms with Crippen LogP contribution in [0.25, 0.3) is 0 Å². The Morgan fingerprint density at radius 2 is 2.25 bits per heavy atom. The first-order valence-corrected chi connectivity index (χ1v) is 7.53. The summed E-state index contributed by atoms with van der Waals surface area (Å²) in [4.78, 5) is 29.2. The van der Waals surface area contributed by atoms with Gasteiger partial charge in [0, 0.05) is 31.1 Å². The minimum Gasteiger partial charge on any atom is -0.394 e. The number of hydrogen-bond acceptors (Lipinski definition) is 5. The molecular weight excluding hydrogens is 278 g/mol. The highest BCUT2D eigenvalue weighted by Gasteiger charge is 2.42. The van der Waals surface area contributed by atoms with E-state index >= 15 is 0 Å². The maximum atomic E-state index is 12.1. The molecule has 108 valence electrons. The topological polar surface area (TPSA) is 72.9 Å². The van der Waals surface area contributed by atoms with E-state index < -0.39 is 12.1 Å². The molecule has 2 saturated heterocycles. The zero-order valence-electron chi connectivity index (χ0n) is 11.0. The highest BCUT2D eigenvalue weighted by molar-refractivity contribution is 7.09. The van der Waals surface area contributed by atoms with Crippen LogP contribution in [-0.4, -0.2) is 65.0 Å². The normalized spacial score (nSPS) is 27.4. The number of amides is 2. The number of nitrogens with zero attached hydrogens (tertiary/aromatic N) is 2. The van der Waals surface area contributed by atoms with Gasteiger partial charge < -0.3 is 15.3 Å². The van der Waals surface area contributed by atoms with E-state index in [4.69, 9.17) is 5.11 Å². The molecule has 0 spiro atoms. The molecule has 20 heavy (non-hydrogen) atoms. The lowest BCUT2D eigenvalue weighted by molar-refractivity contribution is -0.154. The molecule has 2 aliphatic heterocycles. The van der Waals surface area contributed by atoms with E-state index in [0.29, 0.717) is 13.1 Å². The van der Waals surface area contributed by atoms with Gasteiger partial charge in [-0.2, -0.15) is 0 Å². The van der Waals surface area contributed by atoms with E-state index in [-0.39, 0.29) is 18.4 Å². The van der Waals surface area contributed by atoms with Crippen molar-refractivity contribution in [2.45, 2.75) is 18.6 Å². The molecular formula is C13H17N3O3S. The molecule has 1 aromatic heterocycles. The van der Waals surface area contributed by atoms with Gasteiger partial charge in [-0.05, 0) is 11.4 Å². The van der Waals surface area contributed by atoms with Crippen LogP contribution in [0.15, 0.2) is 17.5 Å². The van der Waals surface area contributed by atoms with Gasteiger partial charge in [-0.1, -0.05) is 6.07 Å². The molecule has 2 fully saturated rings. The Kier molecular flexibility index (Phi) is 3.73. The second-order valence-electron chi connectivity index (χ2n) is 5.11. The molecule has 0 bridgehead atoms. The van der Waals surface area contributed by atoms with Crippen molar-refractivity contribution < 1.29 is 14.7 Å². The van der Waals surface area contributed by atoms with Gasteiger partial charge >= 0.3 is 0 Å². The van der Waals surface area contributed by atoms with E-state index in [1.165, 1.54) is 4.88 Å². The molecule has 2 N–H and O–H groups in total. The number of thiophene rings is 1. The predicted octanol–water partition coefficient (Wildman–Crippen LogP) is -0.748. The molecule has 0 saturated carbocycles. The average molecular weight is 295 g/mol. The van der Waals surface area contributed by atoms with Crippen molar-refractivity contribution in [2.75, 3.05) is 26.2 Å². The third kappa shape index (κ3) is 2.44. The largest absolute Gasteiger partial charge is 0.394 e. The number of carbonyl (C=O) groups is 2.